The Hall–Kier alpha value is -1.47. The lowest BCUT2D eigenvalue weighted by Gasteiger charge is -2.05. The van der Waals surface area contributed by atoms with Crippen LogP contribution in [-0.2, 0) is 16.1 Å². The lowest BCUT2D eigenvalue weighted by Crippen LogP contribution is -2.42. The number of nitrogens with one attached hydrogen (secondary N) is 2. The highest BCUT2D eigenvalue weighted by Gasteiger charge is 2.13. The standard InChI is InChI=1S/C10H13N3O2S2/c1-6-4-17-5-7(6)2-12-9(14)10(15)13-3-8(11)16/h4-5H,2-3H2,1H3,(H2,11,16)(H,12,14)(H,13,15). The molecule has 5 nitrogen and oxygen atoms in total. The molecule has 0 radical (unpaired) electrons. The van der Waals surface area contributed by atoms with Gasteiger partial charge in [0.05, 0.1) is 11.5 Å². The van der Waals surface area contributed by atoms with Crippen molar-refractivity contribution in [2.24, 2.45) is 5.73 Å². The predicted octanol–water partition coefficient (Wildman–Crippen LogP) is 0.0750. The molecule has 0 aliphatic heterocycles. The molecule has 1 aromatic rings. The van der Waals surface area contributed by atoms with Crippen molar-refractivity contribution in [3.05, 3.63) is 21.9 Å². The van der Waals surface area contributed by atoms with E-state index >= 15 is 0 Å². The number of thiocarbonyl (C=S) groups is 1. The van der Waals surface area contributed by atoms with Crippen molar-refractivity contribution < 1.29 is 9.59 Å². The molecule has 7 heteroatoms. The molecule has 17 heavy (non-hydrogen) atoms. The monoisotopic (exact) mass is 271 g/mol. The third-order valence-corrected chi connectivity index (χ3v) is 3.09. The third kappa shape index (κ3) is 4.49. The van der Waals surface area contributed by atoms with Crippen LogP contribution in [0, 0.1) is 6.92 Å². The van der Waals surface area contributed by atoms with E-state index in [2.05, 4.69) is 22.9 Å². The Bertz CT molecular complexity index is 443. The van der Waals surface area contributed by atoms with Gasteiger partial charge in [-0.25, -0.2) is 0 Å². The van der Waals surface area contributed by atoms with E-state index < -0.39 is 11.8 Å². The minimum atomic E-state index is -0.731. The molecule has 0 spiro atoms. The van der Waals surface area contributed by atoms with Gasteiger partial charge in [-0.1, -0.05) is 12.2 Å². The summed E-state index contributed by atoms with van der Waals surface area (Å²) in [7, 11) is 0. The van der Waals surface area contributed by atoms with Crippen LogP contribution in [0.4, 0.5) is 0 Å². The predicted molar refractivity (Wildman–Crippen MR) is 70.7 cm³/mol. The van der Waals surface area contributed by atoms with Crippen molar-refractivity contribution in [2.45, 2.75) is 13.5 Å². The maximum absolute atomic E-state index is 11.4. The van der Waals surface area contributed by atoms with Crippen molar-refractivity contribution in [3.63, 3.8) is 0 Å². The van der Waals surface area contributed by atoms with E-state index in [-0.39, 0.29) is 11.5 Å². The van der Waals surface area contributed by atoms with Crippen LogP contribution in [0.5, 0.6) is 0 Å². The van der Waals surface area contributed by atoms with Gasteiger partial charge in [0, 0.05) is 6.54 Å². The second-order valence-electron chi connectivity index (χ2n) is 3.41. The molecule has 1 heterocycles. The highest BCUT2D eigenvalue weighted by atomic mass is 32.1. The van der Waals surface area contributed by atoms with Crippen molar-refractivity contribution in [2.75, 3.05) is 6.54 Å². The summed E-state index contributed by atoms with van der Waals surface area (Å²) in [5.74, 6) is -1.42. The van der Waals surface area contributed by atoms with Crippen LogP contribution in [-0.4, -0.2) is 23.3 Å². The molecule has 0 aromatic carbocycles. The maximum atomic E-state index is 11.4. The number of carbonyl (C=O) groups excluding carboxylic acids is 2. The van der Waals surface area contributed by atoms with E-state index in [0.717, 1.165) is 11.1 Å². The van der Waals surface area contributed by atoms with Crippen LogP contribution in [0.1, 0.15) is 11.1 Å². The first-order chi connectivity index (χ1) is 8.00. The Balaban J connectivity index is 2.37. The van der Waals surface area contributed by atoms with Gasteiger partial charge in [-0.3, -0.25) is 9.59 Å². The molecule has 0 bridgehead atoms. The van der Waals surface area contributed by atoms with Crippen molar-refractivity contribution in [1.82, 2.24) is 10.6 Å². The van der Waals surface area contributed by atoms with Gasteiger partial charge in [-0.2, -0.15) is 11.3 Å². The van der Waals surface area contributed by atoms with Gasteiger partial charge in [-0.05, 0) is 28.8 Å². The van der Waals surface area contributed by atoms with Gasteiger partial charge in [0.15, 0.2) is 0 Å². The summed E-state index contributed by atoms with van der Waals surface area (Å²) in [5.41, 5.74) is 7.30. The highest BCUT2D eigenvalue weighted by Crippen LogP contribution is 2.12. The highest BCUT2D eigenvalue weighted by molar-refractivity contribution is 7.80. The number of carbonyl (C=O) groups is 2. The molecular weight excluding hydrogens is 258 g/mol. The summed E-state index contributed by atoms with van der Waals surface area (Å²) in [5, 5.41) is 8.75. The quantitative estimate of drug-likeness (QED) is 0.535. The van der Waals surface area contributed by atoms with Gasteiger partial charge in [0.1, 0.15) is 0 Å². The Morgan fingerprint density at radius 2 is 2.00 bits per heavy atom. The lowest BCUT2D eigenvalue weighted by atomic mass is 10.2. The molecule has 4 N–H and O–H groups in total. The van der Waals surface area contributed by atoms with E-state index in [1.165, 1.54) is 0 Å². The molecule has 0 saturated carbocycles. The summed E-state index contributed by atoms with van der Waals surface area (Å²) >= 11 is 6.13. The van der Waals surface area contributed by atoms with Gasteiger partial charge >= 0.3 is 11.8 Å². The first kappa shape index (κ1) is 13.6. The summed E-state index contributed by atoms with van der Waals surface area (Å²) in [4.78, 5) is 22.8. The first-order valence-electron chi connectivity index (χ1n) is 4.86. The molecule has 0 aliphatic carbocycles. The minimum Gasteiger partial charge on any atom is -0.392 e. The topological polar surface area (TPSA) is 84.2 Å². The second kappa shape index (κ2) is 6.31. The summed E-state index contributed by atoms with van der Waals surface area (Å²) in [6.45, 7) is 2.32. The molecule has 2 amide bonds. The zero-order valence-electron chi connectivity index (χ0n) is 9.28. The van der Waals surface area contributed by atoms with Gasteiger partial charge in [0.2, 0.25) is 0 Å². The molecule has 1 rings (SSSR count). The molecule has 92 valence electrons. The molecule has 0 saturated heterocycles. The summed E-state index contributed by atoms with van der Waals surface area (Å²) in [6, 6.07) is 0. The SMILES string of the molecule is Cc1cscc1CNC(=O)C(=O)NCC(N)=S. The Labute approximate surface area is 108 Å². The molecule has 1 aromatic heterocycles. The van der Waals surface area contributed by atoms with Crippen LogP contribution in [0.25, 0.3) is 0 Å². The smallest absolute Gasteiger partial charge is 0.309 e. The second-order valence-corrected chi connectivity index (χ2v) is 4.68. The average Bonchev–Trinajstić information content (AvgIpc) is 2.68. The number of hydrogen-bond donors (Lipinski definition) is 3. The molecule has 0 aliphatic rings. The number of aryl methyl sites for hydroxylation is 1. The summed E-state index contributed by atoms with van der Waals surface area (Å²) < 4.78 is 0. The largest absolute Gasteiger partial charge is 0.392 e. The van der Waals surface area contributed by atoms with Crippen LogP contribution in [0.2, 0.25) is 0 Å². The zero-order valence-corrected chi connectivity index (χ0v) is 10.9. The number of rotatable bonds is 4. The first-order valence-corrected chi connectivity index (χ1v) is 6.22. The molecule has 0 atom stereocenters. The molecule has 0 unspecified atom stereocenters. The number of amides is 2. The maximum Gasteiger partial charge on any atom is 0.309 e. The van der Waals surface area contributed by atoms with Gasteiger partial charge in [-0.15, -0.1) is 0 Å². The van der Waals surface area contributed by atoms with E-state index in [1.807, 2.05) is 17.7 Å². The fraction of sp³-hybridized carbons (Fsp3) is 0.300. The number of thiophene rings is 1. The van der Waals surface area contributed by atoms with Gasteiger partial charge in [0.25, 0.3) is 0 Å². The van der Waals surface area contributed by atoms with Crippen LogP contribution in [0.15, 0.2) is 10.8 Å². The fourth-order valence-electron chi connectivity index (χ4n) is 1.07. The van der Waals surface area contributed by atoms with E-state index in [4.69, 9.17) is 5.73 Å². The minimum absolute atomic E-state index is 0.0269. The summed E-state index contributed by atoms with van der Waals surface area (Å²) in [6.07, 6.45) is 0. The Kier molecular flexibility index (Phi) is 5.05. The molecular formula is C10H13N3O2S2. The van der Waals surface area contributed by atoms with Crippen molar-refractivity contribution in [3.8, 4) is 0 Å². The van der Waals surface area contributed by atoms with E-state index in [9.17, 15) is 9.59 Å². The van der Waals surface area contributed by atoms with Gasteiger partial charge < -0.3 is 16.4 Å². The third-order valence-electron chi connectivity index (χ3n) is 2.03. The lowest BCUT2D eigenvalue weighted by molar-refractivity contribution is -0.139. The Morgan fingerprint density at radius 1 is 1.35 bits per heavy atom. The number of nitrogens with two attached hydrogens (primary N) is 1. The van der Waals surface area contributed by atoms with Crippen LogP contribution >= 0.6 is 23.6 Å². The van der Waals surface area contributed by atoms with Crippen molar-refractivity contribution in [1.29, 1.82) is 0 Å². The zero-order chi connectivity index (χ0) is 12.8. The normalized spacial score (nSPS) is 9.71. The van der Waals surface area contributed by atoms with Crippen LogP contribution in [0.3, 0.4) is 0 Å². The number of hydrogen-bond acceptors (Lipinski definition) is 4. The van der Waals surface area contributed by atoms with Crippen LogP contribution < -0.4 is 16.4 Å². The average molecular weight is 271 g/mol. The fourth-order valence-corrected chi connectivity index (χ4v) is 2.00. The van der Waals surface area contributed by atoms with E-state index in [1.54, 1.807) is 11.3 Å². The van der Waals surface area contributed by atoms with Crippen molar-refractivity contribution >= 4 is 40.4 Å². The van der Waals surface area contributed by atoms with E-state index in [0.29, 0.717) is 6.54 Å². The Morgan fingerprint density at radius 3 is 2.53 bits per heavy atom. The molecule has 0 fully saturated rings.